The predicted octanol–water partition coefficient (Wildman–Crippen LogP) is 19.4. The molecule has 0 saturated heterocycles. The van der Waals surface area contributed by atoms with Crippen LogP contribution < -0.4 is 9.80 Å². The molecule has 3 aliphatic carbocycles. The van der Waals surface area contributed by atoms with Gasteiger partial charge in [0.25, 0.3) is 0 Å². The first-order valence-corrected chi connectivity index (χ1v) is 25.6. The van der Waals surface area contributed by atoms with E-state index >= 15 is 0 Å². The SMILES string of the molecule is C1=Cc2ccc(N(c3ccc4ccccc4c3)c3ccc4c(C5CCCCC5)c5cc(N(c6ccc7ccccc7c6)c6ccc7ccccc7c6)ccc5c(C5CCCCC5)c4c3)cc2CC1. The molecule has 0 bridgehead atoms. The average Bonchev–Trinajstić information content (AvgIpc) is 3.40. The molecule has 68 heavy (non-hydrogen) atoms. The largest absolute Gasteiger partial charge is 0.310 e. The summed E-state index contributed by atoms with van der Waals surface area (Å²) in [4.78, 5) is 5.07. The molecule has 0 aliphatic heterocycles. The summed E-state index contributed by atoms with van der Waals surface area (Å²) in [5, 5.41) is 13.4. The number of anilines is 6. The van der Waals surface area contributed by atoms with Crippen LogP contribution in [-0.4, -0.2) is 0 Å². The van der Waals surface area contributed by atoms with Crippen molar-refractivity contribution in [2.45, 2.75) is 88.9 Å². The summed E-state index contributed by atoms with van der Waals surface area (Å²) in [6.07, 6.45) is 19.6. The number of hydrogen-bond acceptors (Lipinski definition) is 2. The summed E-state index contributed by atoms with van der Waals surface area (Å²) in [5.41, 5.74) is 13.2. The number of aryl methyl sites for hydroxylation is 1. The van der Waals surface area contributed by atoms with Crippen molar-refractivity contribution in [2.75, 3.05) is 9.80 Å². The predicted molar refractivity (Wildman–Crippen MR) is 292 cm³/mol. The van der Waals surface area contributed by atoms with E-state index in [1.165, 1.54) is 163 Å². The zero-order valence-corrected chi connectivity index (χ0v) is 39.0. The Hall–Kier alpha value is -7.16. The third-order valence-electron chi connectivity index (χ3n) is 15.9. The summed E-state index contributed by atoms with van der Waals surface area (Å²) in [7, 11) is 0. The maximum atomic E-state index is 2.62. The van der Waals surface area contributed by atoms with Gasteiger partial charge < -0.3 is 9.80 Å². The normalized spacial score (nSPS) is 15.6. The molecule has 332 valence electrons. The Morgan fingerprint density at radius 1 is 0.324 bits per heavy atom. The molecule has 0 amide bonds. The van der Waals surface area contributed by atoms with Crippen molar-refractivity contribution in [2.24, 2.45) is 0 Å². The first-order chi connectivity index (χ1) is 33.7. The van der Waals surface area contributed by atoms with E-state index in [0.717, 1.165) is 12.8 Å². The summed E-state index contributed by atoms with van der Waals surface area (Å²) in [5.74, 6) is 1.02. The van der Waals surface area contributed by atoms with Gasteiger partial charge in [-0.05, 0) is 199 Å². The molecule has 2 heteroatoms. The van der Waals surface area contributed by atoms with E-state index in [-0.39, 0.29) is 0 Å². The van der Waals surface area contributed by atoms with Crippen LogP contribution in [0.25, 0.3) is 59.9 Å². The zero-order valence-electron chi connectivity index (χ0n) is 39.0. The second-order valence-electron chi connectivity index (χ2n) is 20.0. The zero-order chi connectivity index (χ0) is 45.0. The van der Waals surface area contributed by atoms with Crippen LogP contribution in [-0.2, 0) is 6.42 Å². The molecule has 0 aromatic heterocycles. The van der Waals surface area contributed by atoms with Crippen LogP contribution in [0.5, 0.6) is 0 Å². The van der Waals surface area contributed by atoms with Gasteiger partial charge in [-0.1, -0.05) is 160 Å². The Bertz CT molecular complexity index is 3490. The minimum Gasteiger partial charge on any atom is -0.310 e. The van der Waals surface area contributed by atoms with E-state index in [1.54, 1.807) is 11.1 Å². The Labute approximate surface area is 401 Å². The van der Waals surface area contributed by atoms with Crippen molar-refractivity contribution < 1.29 is 0 Å². The molecule has 3 aliphatic rings. The molecule has 0 radical (unpaired) electrons. The van der Waals surface area contributed by atoms with Crippen molar-refractivity contribution >= 4 is 94.1 Å². The average molecular weight is 879 g/mol. The second-order valence-corrected chi connectivity index (χ2v) is 20.0. The second kappa shape index (κ2) is 17.5. The standard InChI is InChI=1S/C66H58N2/c1-3-19-49(20-4-1)65-61-37-35-60(68(57-33-29-47-17-9-13-25-53(47)41-57)58-34-30-48-18-10-14-26-54(48)42-58)44-64(61)66(50-21-5-2-6-22-50)62-38-36-59(43-63(62)65)67(55-31-27-45-15-7-11-23-51(45)39-55)56-32-28-46-16-8-12-24-52(46)40-56/h7-13,15-18,23-25,27-44,49-50H,1-6,14,19-22,26H2. The van der Waals surface area contributed by atoms with E-state index in [2.05, 4.69) is 204 Å². The van der Waals surface area contributed by atoms with Crippen molar-refractivity contribution in [3.8, 4) is 0 Å². The van der Waals surface area contributed by atoms with Crippen LogP contribution in [0.2, 0.25) is 0 Å². The third-order valence-corrected chi connectivity index (χ3v) is 15.9. The monoisotopic (exact) mass is 878 g/mol. The lowest BCUT2D eigenvalue weighted by Crippen LogP contribution is -2.14. The van der Waals surface area contributed by atoms with Crippen LogP contribution in [0.15, 0.2) is 188 Å². The van der Waals surface area contributed by atoms with Gasteiger partial charge in [0.1, 0.15) is 0 Å². The minimum atomic E-state index is 0.510. The molecule has 10 aromatic rings. The molecule has 0 N–H and O–H groups in total. The Morgan fingerprint density at radius 3 is 1.16 bits per heavy atom. The van der Waals surface area contributed by atoms with Gasteiger partial charge in [-0.25, -0.2) is 0 Å². The van der Waals surface area contributed by atoms with Crippen LogP contribution in [0.3, 0.4) is 0 Å². The highest BCUT2D eigenvalue weighted by Gasteiger charge is 2.29. The number of fused-ring (bicyclic) bond motifs is 6. The summed E-state index contributed by atoms with van der Waals surface area (Å²) >= 11 is 0. The van der Waals surface area contributed by atoms with E-state index in [1.807, 2.05) is 0 Å². The van der Waals surface area contributed by atoms with Crippen molar-refractivity contribution in [1.82, 2.24) is 0 Å². The maximum Gasteiger partial charge on any atom is 0.0468 e. The topological polar surface area (TPSA) is 6.48 Å². The van der Waals surface area contributed by atoms with Crippen molar-refractivity contribution in [3.63, 3.8) is 0 Å². The lowest BCUT2D eigenvalue weighted by molar-refractivity contribution is 0.445. The van der Waals surface area contributed by atoms with E-state index in [4.69, 9.17) is 0 Å². The highest BCUT2D eigenvalue weighted by Crippen LogP contribution is 2.51. The van der Waals surface area contributed by atoms with E-state index in [9.17, 15) is 0 Å². The quantitative estimate of drug-likeness (QED) is 0.140. The number of hydrogen-bond donors (Lipinski definition) is 0. The lowest BCUT2D eigenvalue weighted by atomic mass is 9.74. The van der Waals surface area contributed by atoms with Crippen LogP contribution in [0.4, 0.5) is 34.1 Å². The number of rotatable bonds is 8. The minimum absolute atomic E-state index is 0.510. The fraction of sp³-hybridized carbons (Fsp3) is 0.212. The molecule has 13 rings (SSSR count). The van der Waals surface area contributed by atoms with Crippen molar-refractivity contribution in [3.05, 3.63) is 210 Å². The Kier molecular flexibility index (Phi) is 10.6. The molecule has 10 aromatic carbocycles. The molecule has 0 spiro atoms. The molecule has 0 atom stereocenters. The van der Waals surface area contributed by atoms with Gasteiger partial charge in [-0.2, -0.15) is 0 Å². The molecule has 2 nitrogen and oxygen atoms in total. The Morgan fingerprint density at radius 2 is 0.706 bits per heavy atom. The first kappa shape index (κ1) is 41.1. The molecule has 0 heterocycles. The molecule has 2 fully saturated rings. The summed E-state index contributed by atoms with van der Waals surface area (Å²) in [6, 6.07) is 69.7. The molecular formula is C66H58N2. The van der Waals surface area contributed by atoms with Crippen LogP contribution in [0.1, 0.15) is 105 Å². The smallest absolute Gasteiger partial charge is 0.0468 e. The highest BCUT2D eigenvalue weighted by atomic mass is 15.1. The van der Waals surface area contributed by atoms with Gasteiger partial charge in [0.2, 0.25) is 0 Å². The first-order valence-electron chi connectivity index (χ1n) is 25.6. The maximum absolute atomic E-state index is 2.62. The third kappa shape index (κ3) is 7.42. The fourth-order valence-corrected chi connectivity index (χ4v) is 12.6. The molecule has 2 saturated carbocycles. The van der Waals surface area contributed by atoms with Gasteiger partial charge in [0.05, 0.1) is 0 Å². The fourth-order valence-electron chi connectivity index (χ4n) is 12.6. The van der Waals surface area contributed by atoms with Crippen LogP contribution >= 0.6 is 0 Å². The Balaban J connectivity index is 1.06. The van der Waals surface area contributed by atoms with Gasteiger partial charge in [0.15, 0.2) is 0 Å². The number of allylic oxidation sites excluding steroid dienone is 1. The van der Waals surface area contributed by atoms with Gasteiger partial charge in [-0.15, -0.1) is 0 Å². The summed E-state index contributed by atoms with van der Waals surface area (Å²) in [6.45, 7) is 0. The molecule has 0 unspecified atom stereocenters. The van der Waals surface area contributed by atoms with E-state index in [0.29, 0.717) is 11.8 Å². The van der Waals surface area contributed by atoms with Gasteiger partial charge in [-0.3, -0.25) is 0 Å². The van der Waals surface area contributed by atoms with Crippen molar-refractivity contribution in [1.29, 1.82) is 0 Å². The number of benzene rings is 10. The number of nitrogens with zero attached hydrogens (tertiary/aromatic N) is 2. The summed E-state index contributed by atoms with van der Waals surface area (Å²) < 4.78 is 0. The van der Waals surface area contributed by atoms with Gasteiger partial charge >= 0.3 is 0 Å². The van der Waals surface area contributed by atoms with Gasteiger partial charge in [0, 0.05) is 34.1 Å². The highest BCUT2D eigenvalue weighted by molar-refractivity contribution is 6.10. The molecular weight excluding hydrogens is 821 g/mol. The van der Waals surface area contributed by atoms with E-state index < -0.39 is 0 Å². The lowest BCUT2D eigenvalue weighted by Gasteiger charge is -2.32. The van der Waals surface area contributed by atoms with Crippen LogP contribution in [0, 0.1) is 0 Å².